The van der Waals surface area contributed by atoms with Crippen molar-refractivity contribution in [2.45, 2.75) is 26.0 Å². The van der Waals surface area contributed by atoms with Crippen molar-refractivity contribution in [3.8, 4) is 5.75 Å². The fourth-order valence-electron chi connectivity index (χ4n) is 3.00. The van der Waals surface area contributed by atoms with Gasteiger partial charge >= 0.3 is 0 Å². The molecule has 0 aliphatic rings. The number of sulfonamides is 1. The van der Waals surface area contributed by atoms with Gasteiger partial charge in [-0.3, -0.25) is 9.78 Å². The molecule has 0 radical (unpaired) electrons. The average Bonchev–Trinajstić information content (AvgIpc) is 2.83. The molecule has 0 spiro atoms. The van der Waals surface area contributed by atoms with Gasteiger partial charge in [-0.2, -0.15) is 0 Å². The summed E-state index contributed by atoms with van der Waals surface area (Å²) in [6, 6.07) is 22.0. The maximum Gasteiger partial charge on any atom is 0.233 e. The largest absolute Gasteiger partial charge is 0.487 e. The van der Waals surface area contributed by atoms with Crippen LogP contribution in [0.2, 0.25) is 0 Å². The number of pyridine rings is 1. The molecule has 0 saturated carbocycles. The molecule has 33 heavy (non-hydrogen) atoms. The molecule has 0 aliphatic carbocycles. The van der Waals surface area contributed by atoms with Crippen molar-refractivity contribution >= 4 is 22.0 Å². The van der Waals surface area contributed by atoms with Gasteiger partial charge in [-0.1, -0.05) is 48.5 Å². The van der Waals surface area contributed by atoms with Crippen LogP contribution in [0.4, 0.5) is 0 Å². The molecule has 0 fully saturated rings. The lowest BCUT2D eigenvalue weighted by Crippen LogP contribution is -2.31. The summed E-state index contributed by atoms with van der Waals surface area (Å²) in [5, 5.41) is 3.98. The Hall–Kier alpha value is -3.49. The van der Waals surface area contributed by atoms with E-state index in [-0.39, 0.29) is 24.9 Å². The van der Waals surface area contributed by atoms with Crippen LogP contribution in [0.25, 0.3) is 6.08 Å². The average molecular weight is 466 g/mol. The summed E-state index contributed by atoms with van der Waals surface area (Å²) in [6.07, 6.45) is 3.25. The van der Waals surface area contributed by atoms with Gasteiger partial charge in [0.2, 0.25) is 15.9 Å². The third kappa shape index (κ3) is 8.51. The third-order valence-corrected chi connectivity index (χ3v) is 5.84. The van der Waals surface area contributed by atoms with E-state index in [0.717, 1.165) is 22.2 Å². The second-order valence-electron chi connectivity index (χ2n) is 7.37. The lowest BCUT2D eigenvalue weighted by atomic mass is 10.1. The lowest BCUT2D eigenvalue weighted by Gasteiger charge is -2.16. The first kappa shape index (κ1) is 24.2. The Morgan fingerprint density at radius 2 is 1.85 bits per heavy atom. The monoisotopic (exact) mass is 465 g/mol. The number of ether oxygens (including phenoxy) is 1. The summed E-state index contributed by atoms with van der Waals surface area (Å²) in [6.45, 7) is 2.22. The van der Waals surface area contributed by atoms with E-state index in [0.29, 0.717) is 12.4 Å². The Kier molecular flexibility index (Phi) is 8.74. The molecule has 7 nitrogen and oxygen atoms in total. The predicted octanol–water partition coefficient (Wildman–Crippen LogP) is 3.82. The quantitative estimate of drug-likeness (QED) is 0.449. The smallest absolute Gasteiger partial charge is 0.233 e. The molecule has 1 amide bonds. The van der Waals surface area contributed by atoms with Crippen molar-refractivity contribution in [3.63, 3.8) is 0 Å². The first-order valence-electron chi connectivity index (χ1n) is 10.6. The van der Waals surface area contributed by atoms with E-state index in [1.54, 1.807) is 18.3 Å². The highest BCUT2D eigenvalue weighted by atomic mass is 32.2. The maximum atomic E-state index is 12.3. The van der Waals surface area contributed by atoms with Crippen LogP contribution in [-0.4, -0.2) is 25.9 Å². The van der Waals surface area contributed by atoms with E-state index in [1.165, 1.54) is 6.08 Å². The zero-order valence-electron chi connectivity index (χ0n) is 18.3. The minimum atomic E-state index is -3.62. The zero-order chi connectivity index (χ0) is 23.5. The lowest BCUT2D eigenvalue weighted by molar-refractivity contribution is -0.121. The molecule has 0 saturated heterocycles. The molecule has 172 valence electrons. The summed E-state index contributed by atoms with van der Waals surface area (Å²) >= 11 is 0. The molecule has 1 aromatic heterocycles. The van der Waals surface area contributed by atoms with E-state index in [2.05, 4.69) is 15.0 Å². The van der Waals surface area contributed by atoms with Crippen molar-refractivity contribution < 1.29 is 17.9 Å². The molecule has 3 aromatic rings. The van der Waals surface area contributed by atoms with Crippen LogP contribution in [0.3, 0.4) is 0 Å². The number of hydrogen-bond donors (Lipinski definition) is 2. The fraction of sp³-hybridized carbons (Fsp3) is 0.200. The zero-order valence-corrected chi connectivity index (χ0v) is 19.2. The van der Waals surface area contributed by atoms with Crippen molar-refractivity contribution in [2.24, 2.45) is 0 Å². The number of carbonyl (C=O) groups is 1. The number of hydrogen-bond acceptors (Lipinski definition) is 5. The summed E-state index contributed by atoms with van der Waals surface area (Å²) < 4.78 is 32.4. The number of nitrogens with one attached hydrogen (secondary N) is 2. The van der Waals surface area contributed by atoms with Crippen LogP contribution in [0.5, 0.6) is 5.75 Å². The SMILES string of the molecule is CC(NC(=O)CCNS(=O)(=O)C=Cc1ccccc1)c1cccc(OCc2ccccn2)c1. The van der Waals surface area contributed by atoms with Gasteiger partial charge in [0.1, 0.15) is 12.4 Å². The van der Waals surface area contributed by atoms with Crippen molar-refractivity contribution in [3.05, 3.63) is 101 Å². The minimum absolute atomic E-state index is 0.00719. The van der Waals surface area contributed by atoms with Gasteiger partial charge in [0.15, 0.2) is 0 Å². The van der Waals surface area contributed by atoms with E-state index in [4.69, 9.17) is 4.74 Å². The van der Waals surface area contributed by atoms with E-state index in [9.17, 15) is 13.2 Å². The highest BCUT2D eigenvalue weighted by Crippen LogP contribution is 2.20. The molecule has 2 aromatic carbocycles. The van der Waals surface area contributed by atoms with Gasteiger partial charge in [0, 0.05) is 24.6 Å². The van der Waals surface area contributed by atoms with Crippen LogP contribution in [-0.2, 0) is 21.4 Å². The Morgan fingerprint density at radius 3 is 2.61 bits per heavy atom. The highest BCUT2D eigenvalue weighted by Gasteiger charge is 2.12. The van der Waals surface area contributed by atoms with E-state index < -0.39 is 10.0 Å². The summed E-state index contributed by atoms with van der Waals surface area (Å²) in [7, 11) is -3.62. The maximum absolute atomic E-state index is 12.3. The number of rotatable bonds is 11. The Balaban J connectivity index is 1.45. The van der Waals surface area contributed by atoms with E-state index >= 15 is 0 Å². The van der Waals surface area contributed by atoms with Gasteiger partial charge in [-0.15, -0.1) is 0 Å². The van der Waals surface area contributed by atoms with Gasteiger partial charge in [0.05, 0.1) is 11.7 Å². The van der Waals surface area contributed by atoms with Crippen LogP contribution >= 0.6 is 0 Å². The fourth-order valence-corrected chi connectivity index (χ4v) is 3.82. The van der Waals surface area contributed by atoms with E-state index in [1.807, 2.05) is 67.6 Å². The minimum Gasteiger partial charge on any atom is -0.487 e. The number of carbonyl (C=O) groups excluding carboxylic acids is 1. The molecular weight excluding hydrogens is 438 g/mol. The first-order valence-corrected chi connectivity index (χ1v) is 12.1. The molecule has 2 N–H and O–H groups in total. The van der Waals surface area contributed by atoms with Gasteiger partial charge < -0.3 is 10.1 Å². The molecule has 1 heterocycles. The molecular formula is C25H27N3O4S. The summed E-state index contributed by atoms with van der Waals surface area (Å²) in [5.41, 5.74) is 2.49. The predicted molar refractivity (Wildman–Crippen MR) is 129 cm³/mol. The molecule has 0 aliphatic heterocycles. The van der Waals surface area contributed by atoms with Crippen molar-refractivity contribution in [2.75, 3.05) is 6.54 Å². The normalized spacial score (nSPS) is 12.4. The number of amides is 1. The van der Waals surface area contributed by atoms with Crippen molar-refractivity contribution in [1.29, 1.82) is 0 Å². The molecule has 0 bridgehead atoms. The topological polar surface area (TPSA) is 97.4 Å². The van der Waals surface area contributed by atoms with Crippen molar-refractivity contribution in [1.82, 2.24) is 15.0 Å². The standard InChI is InChI=1S/C25H27N3O4S/c1-20(22-10-7-12-24(18-22)32-19-23-11-5-6-15-26-23)28-25(29)13-16-27-33(30,31)17-14-21-8-3-2-4-9-21/h2-12,14-15,17-18,20,27H,13,16,19H2,1H3,(H,28,29). The molecule has 8 heteroatoms. The number of benzene rings is 2. The highest BCUT2D eigenvalue weighted by molar-refractivity contribution is 7.92. The summed E-state index contributed by atoms with van der Waals surface area (Å²) in [4.78, 5) is 16.5. The van der Waals surface area contributed by atoms with Gasteiger partial charge in [-0.25, -0.2) is 13.1 Å². The second-order valence-corrected chi connectivity index (χ2v) is 9.03. The molecule has 1 atom stereocenters. The van der Waals surface area contributed by atoms with Gasteiger partial charge in [0.25, 0.3) is 0 Å². The number of nitrogens with zero attached hydrogens (tertiary/aromatic N) is 1. The Morgan fingerprint density at radius 1 is 1.06 bits per heavy atom. The third-order valence-electron chi connectivity index (χ3n) is 4.74. The Bertz CT molecular complexity index is 1170. The molecule has 3 rings (SSSR count). The second kappa shape index (κ2) is 11.9. The van der Waals surface area contributed by atoms with Gasteiger partial charge in [-0.05, 0) is 48.4 Å². The van der Waals surface area contributed by atoms with Crippen LogP contribution < -0.4 is 14.8 Å². The number of aromatic nitrogens is 1. The first-order chi connectivity index (χ1) is 15.9. The van der Waals surface area contributed by atoms with Crippen LogP contribution in [0.15, 0.2) is 84.4 Å². The van der Waals surface area contributed by atoms with Crippen LogP contribution in [0, 0.1) is 0 Å². The van der Waals surface area contributed by atoms with Crippen LogP contribution in [0.1, 0.15) is 36.2 Å². The summed E-state index contributed by atoms with van der Waals surface area (Å²) in [5.74, 6) is 0.425. The molecule has 1 unspecified atom stereocenters. The Labute approximate surface area is 194 Å².